The number of benzene rings is 2. The molecule has 0 atom stereocenters. The molecule has 6 N–H and O–H groups in total. The van der Waals surface area contributed by atoms with Gasteiger partial charge in [-0.1, -0.05) is 74.2 Å². The third kappa shape index (κ3) is 8.25. The van der Waals surface area contributed by atoms with Crippen LogP contribution in [-0.4, -0.2) is 75.3 Å². The number of nitrogens with zero attached hydrogens (tertiary/aromatic N) is 2. The first kappa shape index (κ1) is 37.0. The van der Waals surface area contributed by atoms with Crippen molar-refractivity contribution in [3.63, 3.8) is 0 Å². The van der Waals surface area contributed by atoms with Crippen molar-refractivity contribution in [3.8, 4) is 0 Å². The third-order valence-electron chi connectivity index (χ3n) is 10.2. The van der Waals surface area contributed by atoms with Crippen LogP contribution in [0.5, 0.6) is 0 Å². The highest BCUT2D eigenvalue weighted by molar-refractivity contribution is 7.87. The number of aryl methyl sites for hydroxylation is 1. The van der Waals surface area contributed by atoms with Gasteiger partial charge >= 0.3 is 28.1 Å². The molecule has 0 saturated heterocycles. The van der Waals surface area contributed by atoms with E-state index in [2.05, 4.69) is 55.4 Å². The number of carboxylic acid groups (broad SMARTS) is 3. The van der Waals surface area contributed by atoms with Gasteiger partial charge in [-0.05, 0) is 75.7 Å². The molecule has 0 radical (unpaired) electrons. The van der Waals surface area contributed by atoms with Crippen LogP contribution in [0.4, 0.5) is 0 Å². The zero-order valence-corrected chi connectivity index (χ0v) is 28.4. The molecular formula is C35H47N3O9S. The molecule has 0 aliphatic heterocycles. The molecule has 262 valence electrons. The van der Waals surface area contributed by atoms with Gasteiger partial charge in [0.1, 0.15) is 0 Å². The maximum atomic E-state index is 13.0. The highest BCUT2D eigenvalue weighted by atomic mass is 32.2. The van der Waals surface area contributed by atoms with Crippen LogP contribution in [0, 0.1) is 5.92 Å². The van der Waals surface area contributed by atoms with Crippen molar-refractivity contribution >= 4 is 39.0 Å². The summed E-state index contributed by atoms with van der Waals surface area (Å²) in [6.07, 6.45) is 8.88. The topological polar surface area (TPSA) is 200 Å². The molecule has 0 spiro atoms. The van der Waals surface area contributed by atoms with E-state index < -0.39 is 46.6 Å². The van der Waals surface area contributed by atoms with Crippen LogP contribution >= 0.6 is 0 Å². The quantitative estimate of drug-likeness (QED) is 0.178. The van der Waals surface area contributed by atoms with Gasteiger partial charge in [-0.3, -0.25) is 14.5 Å². The van der Waals surface area contributed by atoms with Gasteiger partial charge in [-0.15, -0.1) is 0 Å². The third-order valence-corrected chi connectivity index (χ3v) is 11.1. The van der Waals surface area contributed by atoms with Crippen LogP contribution in [-0.2, 0) is 36.6 Å². The maximum Gasteiger partial charge on any atom is 0.336 e. The normalized spacial score (nSPS) is 20.4. The smallest absolute Gasteiger partial charge is 0.336 e. The van der Waals surface area contributed by atoms with Crippen molar-refractivity contribution in [2.24, 2.45) is 11.1 Å². The van der Waals surface area contributed by atoms with Crippen molar-refractivity contribution in [2.75, 3.05) is 14.1 Å². The van der Waals surface area contributed by atoms with Crippen molar-refractivity contribution in [2.45, 2.75) is 94.1 Å². The van der Waals surface area contributed by atoms with E-state index in [0.717, 1.165) is 61.0 Å². The number of hydrogen-bond acceptors (Lipinski definition) is 7. The van der Waals surface area contributed by atoms with E-state index in [9.17, 15) is 22.8 Å². The van der Waals surface area contributed by atoms with Crippen LogP contribution in [0.15, 0.2) is 54.6 Å². The average Bonchev–Trinajstić information content (AvgIpc) is 3.66. The van der Waals surface area contributed by atoms with Gasteiger partial charge in [0.2, 0.25) is 0 Å². The van der Waals surface area contributed by atoms with Gasteiger partial charge in [0.15, 0.2) is 5.60 Å². The van der Waals surface area contributed by atoms with Gasteiger partial charge in [0, 0.05) is 22.5 Å². The van der Waals surface area contributed by atoms with Crippen molar-refractivity contribution in [1.82, 2.24) is 8.87 Å². The fourth-order valence-corrected chi connectivity index (χ4v) is 8.69. The minimum absolute atomic E-state index is 0.0276. The average molecular weight is 686 g/mol. The lowest BCUT2D eigenvalue weighted by Crippen LogP contribution is -2.44. The number of hydrogen-bond donors (Lipinski definition) is 5. The van der Waals surface area contributed by atoms with E-state index in [0.29, 0.717) is 0 Å². The summed E-state index contributed by atoms with van der Waals surface area (Å²) in [5, 5.41) is 40.7. The molecule has 0 bridgehead atoms. The van der Waals surface area contributed by atoms with Crippen molar-refractivity contribution < 1.29 is 43.2 Å². The second-order valence-corrected chi connectivity index (χ2v) is 14.8. The first-order valence-corrected chi connectivity index (χ1v) is 17.9. The van der Waals surface area contributed by atoms with Gasteiger partial charge in [0.25, 0.3) is 0 Å². The van der Waals surface area contributed by atoms with Gasteiger partial charge < -0.3 is 20.4 Å². The molecule has 0 amide bonds. The second kappa shape index (κ2) is 15.2. The lowest BCUT2D eigenvalue weighted by Gasteiger charge is -2.46. The summed E-state index contributed by atoms with van der Waals surface area (Å²) < 4.78 is 27.4. The summed E-state index contributed by atoms with van der Waals surface area (Å²) in [6.45, 7) is 0. The van der Waals surface area contributed by atoms with E-state index in [1.165, 1.54) is 40.8 Å². The van der Waals surface area contributed by atoms with Crippen molar-refractivity contribution in [3.05, 3.63) is 71.4 Å². The predicted molar refractivity (Wildman–Crippen MR) is 181 cm³/mol. The van der Waals surface area contributed by atoms with Crippen molar-refractivity contribution in [1.29, 1.82) is 0 Å². The van der Waals surface area contributed by atoms with Crippen LogP contribution < -0.4 is 5.14 Å². The fraction of sp³-hybridized carbons (Fsp3) is 0.514. The molecule has 2 aliphatic rings. The number of nitrogens with two attached hydrogens (primary N) is 1. The molecule has 3 aromatic rings. The van der Waals surface area contributed by atoms with E-state index in [4.69, 9.17) is 25.6 Å². The maximum absolute atomic E-state index is 13.0. The van der Waals surface area contributed by atoms with Crippen LogP contribution in [0.2, 0.25) is 0 Å². The summed E-state index contributed by atoms with van der Waals surface area (Å²) in [5.74, 6) is -4.09. The molecule has 13 heteroatoms. The van der Waals surface area contributed by atoms with Crippen LogP contribution in [0.25, 0.3) is 10.9 Å². The number of carbonyl (C=O) groups is 3. The summed E-state index contributed by atoms with van der Waals surface area (Å²) in [5.41, 5.74) is 1.48. The Kier molecular flexibility index (Phi) is 11.7. The Bertz CT molecular complexity index is 1690. The summed E-state index contributed by atoms with van der Waals surface area (Å²) >= 11 is 0. The number of carboxylic acids is 3. The Balaban J connectivity index is 0.000000341. The molecular weight excluding hydrogens is 638 g/mol. The molecule has 5 rings (SSSR count). The molecule has 1 aromatic heterocycles. The van der Waals surface area contributed by atoms with E-state index in [-0.39, 0.29) is 11.5 Å². The Morgan fingerprint density at radius 1 is 0.896 bits per heavy atom. The summed E-state index contributed by atoms with van der Waals surface area (Å²) in [4.78, 5) is 32.8. The Morgan fingerprint density at radius 3 is 1.94 bits per heavy atom. The lowest BCUT2D eigenvalue weighted by atomic mass is 9.70. The predicted octanol–water partition coefficient (Wildman–Crippen LogP) is 4.68. The first-order valence-electron chi connectivity index (χ1n) is 16.4. The highest BCUT2D eigenvalue weighted by Crippen LogP contribution is 2.48. The number of para-hydroxylation sites is 1. The first-order chi connectivity index (χ1) is 22.6. The monoisotopic (exact) mass is 685 g/mol. The van der Waals surface area contributed by atoms with Gasteiger partial charge in [0.05, 0.1) is 18.4 Å². The molecule has 12 nitrogen and oxygen atoms in total. The van der Waals surface area contributed by atoms with E-state index in [1.54, 1.807) is 0 Å². The lowest BCUT2D eigenvalue weighted by molar-refractivity contribution is -0.170. The minimum Gasteiger partial charge on any atom is -0.481 e. The Hall–Kier alpha value is -3.78. The Labute approximate surface area is 281 Å². The van der Waals surface area contributed by atoms with Gasteiger partial charge in [-0.2, -0.15) is 8.42 Å². The SMILES string of the molecule is CN(C)C1(c2ccccc2)CCC(c2c(CCC3CCCC3)c3ccccc3n2S(N)(=O)=O)CC1.O=C(O)CC(O)(CC(=O)O)C(=O)O. The number of aliphatic carboxylic acids is 3. The number of aromatic nitrogens is 1. The molecule has 2 fully saturated rings. The van der Waals surface area contributed by atoms with Crippen LogP contribution in [0.1, 0.15) is 93.4 Å². The number of fused-ring (bicyclic) bond motifs is 1. The molecule has 2 aromatic carbocycles. The summed E-state index contributed by atoms with van der Waals surface area (Å²) in [6, 6.07) is 18.7. The summed E-state index contributed by atoms with van der Waals surface area (Å²) in [7, 11) is 0.420. The van der Waals surface area contributed by atoms with Crippen LogP contribution in [0.3, 0.4) is 0 Å². The molecule has 2 saturated carbocycles. The zero-order chi connectivity index (χ0) is 35.3. The molecule has 0 unspecified atom stereocenters. The number of rotatable bonds is 12. The van der Waals surface area contributed by atoms with E-state index in [1.807, 2.05) is 18.2 Å². The molecule has 1 heterocycles. The Morgan fingerprint density at radius 2 is 1.44 bits per heavy atom. The number of aliphatic hydroxyl groups is 1. The van der Waals surface area contributed by atoms with E-state index >= 15 is 0 Å². The van der Waals surface area contributed by atoms with Gasteiger partial charge in [-0.25, -0.2) is 13.9 Å². The molecule has 2 aliphatic carbocycles. The second-order valence-electron chi connectivity index (χ2n) is 13.4. The minimum atomic E-state index is -3.92. The highest BCUT2D eigenvalue weighted by Gasteiger charge is 2.42. The molecule has 48 heavy (non-hydrogen) atoms. The largest absolute Gasteiger partial charge is 0.481 e. The zero-order valence-electron chi connectivity index (χ0n) is 27.5. The fourth-order valence-electron chi connectivity index (χ4n) is 7.72. The standard InChI is InChI=1S/C29H39N3O2S.C6H8O7/c1-31(2)29(24-12-4-3-5-13-24)20-18-23(19-21-29)28-26(17-16-22-10-6-7-11-22)25-14-8-9-15-27(25)32(28)35(30,33)34;7-3(8)1-6(13,5(11)12)2-4(9)10/h3-5,8-9,12-15,22-23H,6-7,10-11,16-21H2,1-2H3,(H2,30,33,34);13H,1-2H2,(H,7,8)(H,9,10)(H,11,12).